The van der Waals surface area contributed by atoms with E-state index in [1.165, 1.54) is 11.3 Å². The van der Waals surface area contributed by atoms with Gasteiger partial charge in [0.15, 0.2) is 17.3 Å². The molecule has 0 amide bonds. The second kappa shape index (κ2) is 7.69. The van der Waals surface area contributed by atoms with Crippen molar-refractivity contribution in [1.29, 1.82) is 0 Å². The summed E-state index contributed by atoms with van der Waals surface area (Å²) >= 11 is 1.47. The minimum absolute atomic E-state index is 0.119. The number of anilines is 1. The third kappa shape index (κ3) is 3.52. The van der Waals surface area contributed by atoms with E-state index in [9.17, 15) is 4.39 Å². The second-order valence-corrected chi connectivity index (χ2v) is 8.54. The minimum Gasteiger partial charge on any atom is -0.353 e. The molecule has 10 heteroatoms. The molecule has 5 rings (SSSR count). The van der Waals surface area contributed by atoms with Gasteiger partial charge in [-0.2, -0.15) is 5.10 Å². The molecule has 4 aromatic rings. The molecule has 0 N–H and O–H groups in total. The molecule has 30 heavy (non-hydrogen) atoms. The van der Waals surface area contributed by atoms with E-state index in [1.54, 1.807) is 16.9 Å². The fourth-order valence-corrected chi connectivity index (χ4v) is 4.58. The molecular formula is C20H21FN8S. The Balaban J connectivity index is 1.27. The van der Waals surface area contributed by atoms with Gasteiger partial charge >= 0.3 is 0 Å². The van der Waals surface area contributed by atoms with Crippen molar-refractivity contribution in [2.75, 3.05) is 31.1 Å². The fourth-order valence-electron chi connectivity index (χ4n) is 3.78. The van der Waals surface area contributed by atoms with Crippen LogP contribution in [0.4, 0.5) is 10.2 Å². The van der Waals surface area contributed by atoms with Crippen molar-refractivity contribution in [3.8, 4) is 5.82 Å². The van der Waals surface area contributed by atoms with Gasteiger partial charge in [-0.3, -0.25) is 4.90 Å². The lowest BCUT2D eigenvalue weighted by atomic mass is 10.1. The van der Waals surface area contributed by atoms with Gasteiger partial charge in [-0.15, -0.1) is 21.5 Å². The molecule has 0 saturated carbocycles. The van der Waals surface area contributed by atoms with Crippen LogP contribution < -0.4 is 4.90 Å². The van der Waals surface area contributed by atoms with Crippen molar-refractivity contribution in [2.45, 2.75) is 19.9 Å². The van der Waals surface area contributed by atoms with Gasteiger partial charge in [0.2, 0.25) is 0 Å². The van der Waals surface area contributed by atoms with E-state index in [0.29, 0.717) is 17.2 Å². The van der Waals surface area contributed by atoms with Crippen molar-refractivity contribution in [2.24, 2.45) is 0 Å². The Labute approximate surface area is 177 Å². The molecule has 1 unspecified atom stereocenters. The zero-order chi connectivity index (χ0) is 20.7. The van der Waals surface area contributed by atoms with Gasteiger partial charge in [0.05, 0.1) is 21.4 Å². The lowest BCUT2D eigenvalue weighted by Gasteiger charge is -2.38. The van der Waals surface area contributed by atoms with Crippen LogP contribution in [-0.4, -0.2) is 61.0 Å². The Morgan fingerprint density at radius 2 is 1.83 bits per heavy atom. The van der Waals surface area contributed by atoms with Crippen LogP contribution in [0.25, 0.3) is 16.2 Å². The number of hydrogen-bond donors (Lipinski definition) is 0. The third-order valence-corrected chi connectivity index (χ3v) is 6.33. The van der Waals surface area contributed by atoms with Crippen molar-refractivity contribution in [3.63, 3.8) is 0 Å². The van der Waals surface area contributed by atoms with Crippen molar-refractivity contribution in [1.82, 2.24) is 34.8 Å². The van der Waals surface area contributed by atoms with Crippen molar-refractivity contribution < 1.29 is 4.39 Å². The van der Waals surface area contributed by atoms with Crippen LogP contribution in [0.3, 0.4) is 0 Å². The number of aromatic nitrogens is 6. The van der Waals surface area contributed by atoms with Crippen molar-refractivity contribution in [3.05, 3.63) is 53.2 Å². The summed E-state index contributed by atoms with van der Waals surface area (Å²) in [5, 5.41) is 13.7. The molecular weight excluding hydrogens is 403 g/mol. The van der Waals surface area contributed by atoms with E-state index >= 15 is 0 Å². The average molecular weight is 425 g/mol. The van der Waals surface area contributed by atoms with E-state index in [1.807, 2.05) is 38.2 Å². The Kier molecular flexibility index (Phi) is 4.87. The first-order valence-electron chi connectivity index (χ1n) is 9.85. The molecule has 1 atom stereocenters. The van der Waals surface area contributed by atoms with Crippen LogP contribution in [0, 0.1) is 12.7 Å². The van der Waals surface area contributed by atoms with Gasteiger partial charge in [-0.05, 0) is 38.1 Å². The van der Waals surface area contributed by atoms with E-state index < -0.39 is 0 Å². The number of thiazole rings is 1. The number of aryl methyl sites for hydroxylation is 1. The van der Waals surface area contributed by atoms with E-state index in [-0.39, 0.29) is 11.9 Å². The predicted molar refractivity (Wildman–Crippen MR) is 113 cm³/mol. The molecule has 5 heterocycles. The summed E-state index contributed by atoms with van der Waals surface area (Å²) in [6.45, 7) is 7.08. The highest BCUT2D eigenvalue weighted by atomic mass is 32.1. The SMILES string of the molecule is Cc1nc2nc(C(C)N3CCN(c4ccc(-n5cccn5)nn4)CC3)c(F)cc2s1. The molecule has 0 aromatic carbocycles. The predicted octanol–water partition coefficient (Wildman–Crippen LogP) is 3.00. The summed E-state index contributed by atoms with van der Waals surface area (Å²) in [6.07, 6.45) is 3.54. The van der Waals surface area contributed by atoms with Gasteiger partial charge in [0.1, 0.15) is 5.82 Å². The standard InChI is InChI=1S/C20H21FN8S/c1-13(19-15(21)12-16-20(24-19)23-14(2)30-16)27-8-10-28(11-9-27)17-4-5-18(26-25-17)29-7-3-6-22-29/h3-7,12-13H,8-11H2,1-2H3. The number of hydrogen-bond acceptors (Lipinski definition) is 8. The summed E-state index contributed by atoms with van der Waals surface area (Å²) in [7, 11) is 0. The summed E-state index contributed by atoms with van der Waals surface area (Å²) in [4.78, 5) is 13.4. The first-order valence-corrected chi connectivity index (χ1v) is 10.7. The molecule has 1 fully saturated rings. The normalized spacial score (nSPS) is 16.3. The molecule has 0 spiro atoms. The van der Waals surface area contributed by atoms with Crippen LogP contribution in [-0.2, 0) is 0 Å². The van der Waals surface area contributed by atoms with Gasteiger partial charge in [0.25, 0.3) is 0 Å². The van der Waals surface area contributed by atoms with Gasteiger partial charge < -0.3 is 4.90 Å². The summed E-state index contributed by atoms with van der Waals surface area (Å²) < 4.78 is 17.2. The summed E-state index contributed by atoms with van der Waals surface area (Å²) in [5.74, 6) is 1.26. The number of pyridine rings is 1. The van der Waals surface area contributed by atoms with Crippen LogP contribution in [0.2, 0.25) is 0 Å². The first kappa shape index (κ1) is 19.0. The fraction of sp³-hybridized carbons (Fsp3) is 0.350. The smallest absolute Gasteiger partial charge is 0.175 e. The largest absolute Gasteiger partial charge is 0.353 e. The number of piperazine rings is 1. The Bertz CT molecular complexity index is 1150. The minimum atomic E-state index is -0.263. The summed E-state index contributed by atoms with van der Waals surface area (Å²) in [6, 6.07) is 7.16. The van der Waals surface area contributed by atoms with E-state index in [0.717, 1.165) is 41.7 Å². The van der Waals surface area contributed by atoms with Gasteiger partial charge in [0, 0.05) is 38.6 Å². The van der Waals surface area contributed by atoms with Crippen LogP contribution >= 0.6 is 11.3 Å². The highest BCUT2D eigenvalue weighted by Crippen LogP contribution is 2.28. The third-order valence-electron chi connectivity index (χ3n) is 5.43. The molecule has 4 aromatic heterocycles. The van der Waals surface area contributed by atoms with Gasteiger partial charge in [-0.1, -0.05) is 0 Å². The number of fused-ring (bicyclic) bond motifs is 1. The van der Waals surface area contributed by atoms with E-state index in [2.05, 4.69) is 35.1 Å². The van der Waals surface area contributed by atoms with E-state index in [4.69, 9.17) is 0 Å². The molecule has 0 radical (unpaired) electrons. The maximum absolute atomic E-state index is 14.7. The van der Waals surface area contributed by atoms with Crippen LogP contribution in [0.1, 0.15) is 23.7 Å². The zero-order valence-corrected chi connectivity index (χ0v) is 17.6. The molecule has 154 valence electrons. The highest BCUT2D eigenvalue weighted by molar-refractivity contribution is 7.18. The molecule has 0 aliphatic carbocycles. The number of nitrogens with zero attached hydrogens (tertiary/aromatic N) is 8. The lowest BCUT2D eigenvalue weighted by molar-refractivity contribution is 0.191. The zero-order valence-electron chi connectivity index (χ0n) is 16.7. The Morgan fingerprint density at radius 1 is 1.07 bits per heavy atom. The monoisotopic (exact) mass is 424 g/mol. The topological polar surface area (TPSA) is 75.9 Å². The number of rotatable bonds is 4. The molecule has 1 aliphatic heterocycles. The first-order chi connectivity index (χ1) is 14.6. The average Bonchev–Trinajstić information content (AvgIpc) is 3.42. The van der Waals surface area contributed by atoms with Crippen LogP contribution in [0.15, 0.2) is 36.7 Å². The maximum atomic E-state index is 14.7. The maximum Gasteiger partial charge on any atom is 0.175 e. The van der Waals surface area contributed by atoms with Crippen LogP contribution in [0.5, 0.6) is 0 Å². The molecule has 1 saturated heterocycles. The van der Waals surface area contributed by atoms with Gasteiger partial charge in [-0.25, -0.2) is 19.0 Å². The quantitative estimate of drug-likeness (QED) is 0.498. The molecule has 8 nitrogen and oxygen atoms in total. The Morgan fingerprint density at radius 3 is 2.53 bits per heavy atom. The van der Waals surface area contributed by atoms with Crippen molar-refractivity contribution >= 4 is 27.5 Å². The second-order valence-electron chi connectivity index (χ2n) is 7.31. The number of halogens is 1. The molecule has 1 aliphatic rings. The Hall–Kier alpha value is -2.98. The molecule has 0 bridgehead atoms. The lowest BCUT2D eigenvalue weighted by Crippen LogP contribution is -2.47. The highest BCUT2D eigenvalue weighted by Gasteiger charge is 2.26. The summed E-state index contributed by atoms with van der Waals surface area (Å²) in [5.41, 5.74) is 1.09.